The number of cyclic esters (lactones) is 1. The fraction of sp³-hybridized carbons (Fsp3) is 0.833. The molecule has 0 spiro atoms. The van der Waals surface area contributed by atoms with Crippen molar-refractivity contribution in [2.24, 2.45) is 11.8 Å². The van der Waals surface area contributed by atoms with E-state index in [4.69, 9.17) is 47.4 Å². The molecule has 18 nitrogen and oxygen atoms in total. The van der Waals surface area contributed by atoms with E-state index in [1.807, 2.05) is 52.2 Å². The fourth-order valence-electron chi connectivity index (χ4n) is 9.84. The van der Waals surface area contributed by atoms with Gasteiger partial charge >= 0.3 is 17.9 Å². The number of ether oxygens (including phenoxy) is 10. The molecule has 3 fully saturated rings. The number of hydrogen-bond donors (Lipinski definition) is 2. The molecule has 0 saturated carbocycles. The monoisotopic (exact) mass is 941 g/mol. The number of methoxy groups -OCH3 is 1. The van der Waals surface area contributed by atoms with Gasteiger partial charge in [-0.25, -0.2) is 0 Å². The summed E-state index contributed by atoms with van der Waals surface area (Å²) in [5.41, 5.74) is -1.50. The Hall–Kier alpha value is -2.88. The van der Waals surface area contributed by atoms with Crippen LogP contribution in [0.5, 0.6) is 0 Å². The van der Waals surface area contributed by atoms with Crippen molar-refractivity contribution < 1.29 is 76.8 Å². The van der Waals surface area contributed by atoms with Crippen molar-refractivity contribution >= 4 is 24.2 Å². The van der Waals surface area contributed by atoms with Crippen molar-refractivity contribution in [3.63, 3.8) is 0 Å². The normalized spacial score (nSPS) is 42.0. The highest BCUT2D eigenvalue weighted by Gasteiger charge is 2.53. The molecule has 0 bridgehead atoms. The average molecular weight is 941 g/mol. The smallest absolute Gasteiger partial charge is 0.309 e. The van der Waals surface area contributed by atoms with Crippen molar-refractivity contribution in [1.82, 2.24) is 9.80 Å². The number of aliphatic hydroxyl groups is 2. The molecule has 3 saturated heterocycles. The van der Waals surface area contributed by atoms with Crippen LogP contribution in [0.15, 0.2) is 24.3 Å². The van der Waals surface area contributed by atoms with Crippen LogP contribution in [0.2, 0.25) is 0 Å². The number of aldehydes is 1. The van der Waals surface area contributed by atoms with Gasteiger partial charge in [-0.2, -0.15) is 0 Å². The number of nitrogens with zero attached hydrogens (tertiary/aromatic N) is 2. The Morgan fingerprint density at radius 3 is 2.18 bits per heavy atom. The Kier molecular flexibility index (Phi) is 21.7. The fourth-order valence-corrected chi connectivity index (χ4v) is 9.84. The Labute approximate surface area is 391 Å². The van der Waals surface area contributed by atoms with Crippen molar-refractivity contribution in [3.05, 3.63) is 24.3 Å². The second kappa shape index (κ2) is 25.6. The molecule has 0 aromatic heterocycles. The first-order valence-corrected chi connectivity index (χ1v) is 23.6. The molecule has 1 unspecified atom stereocenters. The van der Waals surface area contributed by atoms with Gasteiger partial charge in [0.05, 0.1) is 43.0 Å². The van der Waals surface area contributed by atoms with E-state index < -0.39 is 115 Å². The number of likely N-dealkylation sites (N-methyl/N-ethyl adjacent to an activating group) is 2. The van der Waals surface area contributed by atoms with Gasteiger partial charge in [0.1, 0.15) is 42.4 Å². The number of carbonyl (C=O) groups excluding carboxylic acids is 4. The van der Waals surface area contributed by atoms with Gasteiger partial charge in [0.15, 0.2) is 25.0 Å². The average Bonchev–Trinajstić information content (AvgIpc) is 3.22. The first-order valence-electron chi connectivity index (χ1n) is 23.6. The summed E-state index contributed by atoms with van der Waals surface area (Å²) >= 11 is 0. The molecule has 66 heavy (non-hydrogen) atoms. The molecule has 0 aromatic rings. The number of hydrogen-bond acceptors (Lipinski definition) is 18. The van der Waals surface area contributed by atoms with Gasteiger partial charge in [-0.15, -0.1) is 0 Å². The molecule has 378 valence electrons. The largest absolute Gasteiger partial charge is 0.462 e. The van der Waals surface area contributed by atoms with Crippen LogP contribution < -0.4 is 0 Å². The predicted molar refractivity (Wildman–Crippen MR) is 241 cm³/mol. The third-order valence-electron chi connectivity index (χ3n) is 13.2. The lowest BCUT2D eigenvalue weighted by Crippen LogP contribution is -2.66. The molecule has 19 atom stereocenters. The first kappa shape index (κ1) is 55.7. The molecule has 0 amide bonds. The van der Waals surface area contributed by atoms with E-state index in [9.17, 15) is 29.4 Å². The van der Waals surface area contributed by atoms with Gasteiger partial charge < -0.3 is 72.2 Å². The van der Waals surface area contributed by atoms with Crippen molar-refractivity contribution in [3.8, 4) is 0 Å². The van der Waals surface area contributed by atoms with E-state index in [2.05, 4.69) is 4.90 Å². The zero-order chi connectivity index (χ0) is 49.0. The number of allylic oxidation sites excluding steroid dienone is 2. The molecule has 18 heteroatoms. The zero-order valence-electron chi connectivity index (χ0n) is 41.4. The molecule has 4 rings (SSSR count). The lowest BCUT2D eigenvalue weighted by atomic mass is 9.82. The first-order chi connectivity index (χ1) is 31.1. The Morgan fingerprint density at radius 2 is 1.59 bits per heavy atom. The molecule has 0 aliphatic carbocycles. The van der Waals surface area contributed by atoms with Gasteiger partial charge in [0.2, 0.25) is 0 Å². The second-order valence-electron chi connectivity index (χ2n) is 19.2. The van der Waals surface area contributed by atoms with E-state index in [1.165, 1.54) is 14.0 Å². The van der Waals surface area contributed by atoms with E-state index in [0.29, 0.717) is 19.3 Å². The lowest BCUT2D eigenvalue weighted by molar-refractivity contribution is -0.344. The van der Waals surface area contributed by atoms with Crippen LogP contribution in [0.4, 0.5) is 0 Å². The summed E-state index contributed by atoms with van der Waals surface area (Å²) in [5.74, 6) is -2.72. The minimum Gasteiger partial charge on any atom is -0.462 e. The predicted octanol–water partition coefficient (Wildman–Crippen LogP) is 3.86. The summed E-state index contributed by atoms with van der Waals surface area (Å²) in [6.45, 7) is 13.7. The summed E-state index contributed by atoms with van der Waals surface area (Å²) in [4.78, 5) is 55.1. The molecular weight excluding hydrogens is 861 g/mol. The van der Waals surface area contributed by atoms with Crippen molar-refractivity contribution in [1.29, 1.82) is 0 Å². The minimum atomic E-state index is -1.50. The second-order valence-corrected chi connectivity index (χ2v) is 19.2. The number of esters is 3. The highest BCUT2D eigenvalue weighted by molar-refractivity contribution is 5.72. The zero-order valence-corrected chi connectivity index (χ0v) is 41.4. The van der Waals surface area contributed by atoms with Crippen LogP contribution in [-0.4, -0.2) is 183 Å². The topological polar surface area (TPSA) is 208 Å². The van der Waals surface area contributed by atoms with E-state index >= 15 is 0 Å². The third kappa shape index (κ3) is 15.3. The van der Waals surface area contributed by atoms with Crippen LogP contribution in [0.25, 0.3) is 0 Å². The van der Waals surface area contributed by atoms with Gasteiger partial charge in [-0.3, -0.25) is 14.4 Å². The maximum atomic E-state index is 13.6. The minimum absolute atomic E-state index is 0.00317. The van der Waals surface area contributed by atoms with Crippen molar-refractivity contribution in [2.75, 3.05) is 35.3 Å². The lowest BCUT2D eigenvalue weighted by Gasteiger charge is -2.50. The molecule has 0 radical (unpaired) electrons. The van der Waals surface area contributed by atoms with E-state index in [0.717, 1.165) is 12.7 Å². The number of carbonyl (C=O) groups is 4. The van der Waals surface area contributed by atoms with E-state index in [1.54, 1.807) is 53.6 Å². The Balaban J connectivity index is 1.73. The summed E-state index contributed by atoms with van der Waals surface area (Å²) in [6.07, 6.45) is -1.89. The number of aliphatic hydroxyl groups excluding tert-OH is 1. The van der Waals surface area contributed by atoms with Gasteiger partial charge in [-0.1, -0.05) is 38.2 Å². The van der Waals surface area contributed by atoms with Crippen LogP contribution in [-0.2, 0) is 66.5 Å². The Bertz CT molecular complexity index is 1610. The van der Waals surface area contributed by atoms with E-state index in [-0.39, 0.29) is 43.7 Å². The molecular formula is C48H80N2O16. The van der Waals surface area contributed by atoms with Gasteiger partial charge in [0.25, 0.3) is 0 Å². The standard InChI is InChI=1S/C48H80N2O16/c1-14-37(53)63-36-25-38(54)58-28(3)18-16-15-17-19-35(64-39-21-20-34(49(9)10)29(4)59-39)27(2)24-33(22-23-51)44(45(36)57-13)66-47-42(55)41(50(11)12)43(30(5)61-47)65-40-26-48(8,56)46(31(6)60-40)62-32(7)52/h15-17,19,23,27-31,33-36,39-47,55-56H,14,18,20-22,24-26H2,1-13H3/b16-15+,19-17+/t27-,28-,29-,30-,31+,33+,34+,35+,36-,39+,40+,41-,42-,43-,44+,45?,46+,47+,48-/m1/s1. The van der Waals surface area contributed by atoms with Crippen LogP contribution in [0.3, 0.4) is 0 Å². The molecule has 4 aliphatic rings. The quantitative estimate of drug-likeness (QED) is 0.144. The maximum absolute atomic E-state index is 13.6. The van der Waals surface area contributed by atoms with Gasteiger partial charge in [0, 0.05) is 45.8 Å². The maximum Gasteiger partial charge on any atom is 0.309 e. The van der Waals surface area contributed by atoms with Crippen LogP contribution >= 0.6 is 0 Å². The SMILES string of the molecule is CCC(=O)O[C@@H]1CC(=O)O[C@H](C)C/C=C/C=C/[C@H](O[C@H]2CC[C@H](N(C)C)[C@@H](C)O2)[C@H](C)C[C@H](CC=O)[C@H](O[C@@H]2O[C@H](C)[C@@H](O[C@H]3C[C@@](C)(O)[C@@H](OC(C)=O)[C@H](C)O3)[C@H](N(C)C)[C@H]2O)C1OC. The molecule has 4 heterocycles. The van der Waals surface area contributed by atoms with Crippen molar-refractivity contribution in [2.45, 2.75) is 210 Å². The highest BCUT2D eigenvalue weighted by atomic mass is 16.7. The summed E-state index contributed by atoms with van der Waals surface area (Å²) in [5, 5.41) is 23.6. The highest BCUT2D eigenvalue weighted by Crippen LogP contribution is 2.38. The molecule has 4 aliphatic heterocycles. The third-order valence-corrected chi connectivity index (χ3v) is 13.2. The molecule has 2 N–H and O–H groups in total. The summed E-state index contributed by atoms with van der Waals surface area (Å²) < 4.78 is 62.4. The van der Waals surface area contributed by atoms with Crippen LogP contribution in [0, 0.1) is 11.8 Å². The van der Waals surface area contributed by atoms with Crippen LogP contribution in [0.1, 0.15) is 107 Å². The Morgan fingerprint density at radius 1 is 0.894 bits per heavy atom. The summed E-state index contributed by atoms with van der Waals surface area (Å²) in [6, 6.07) is -0.545. The summed E-state index contributed by atoms with van der Waals surface area (Å²) in [7, 11) is 9.01. The number of rotatable bonds is 14. The molecule has 0 aromatic carbocycles. The van der Waals surface area contributed by atoms with Gasteiger partial charge in [-0.05, 0) is 93.9 Å².